The molecule has 0 bridgehead atoms. The Morgan fingerprint density at radius 2 is 2.12 bits per heavy atom. The van der Waals surface area contributed by atoms with Crippen LogP contribution in [0.5, 0.6) is 0 Å². The number of aryl methyl sites for hydroxylation is 1. The Balaban J connectivity index is 2.31. The van der Waals surface area contributed by atoms with Crippen LogP contribution in [0, 0.1) is 6.92 Å². The van der Waals surface area contributed by atoms with Crippen molar-refractivity contribution in [2.24, 2.45) is 0 Å². The van der Waals surface area contributed by atoms with Gasteiger partial charge in [-0.3, -0.25) is 0 Å². The summed E-state index contributed by atoms with van der Waals surface area (Å²) < 4.78 is 0. The molecule has 3 heteroatoms. The van der Waals surface area contributed by atoms with Gasteiger partial charge in [0.25, 0.3) is 0 Å². The van der Waals surface area contributed by atoms with Gasteiger partial charge in [0, 0.05) is 10.4 Å². The van der Waals surface area contributed by atoms with Gasteiger partial charge < -0.3 is 4.98 Å². The van der Waals surface area contributed by atoms with Crippen molar-refractivity contribution in [2.75, 3.05) is 0 Å². The standard InChI is InChI=1S/C13H10ClNS/c1-8-4-5-10(14)9-7-11(15-13(8)9)12-3-2-6-16-12/h2-7,15H,1H3. The van der Waals surface area contributed by atoms with E-state index in [-0.39, 0.29) is 0 Å². The van der Waals surface area contributed by atoms with Crippen LogP contribution >= 0.6 is 22.9 Å². The van der Waals surface area contributed by atoms with E-state index in [0.29, 0.717) is 0 Å². The van der Waals surface area contributed by atoms with Crippen LogP contribution < -0.4 is 0 Å². The molecular weight excluding hydrogens is 238 g/mol. The van der Waals surface area contributed by atoms with E-state index >= 15 is 0 Å². The Kier molecular flexibility index (Phi) is 2.27. The van der Waals surface area contributed by atoms with Crippen LogP contribution in [0.25, 0.3) is 21.5 Å². The van der Waals surface area contributed by atoms with Gasteiger partial charge >= 0.3 is 0 Å². The second-order valence-electron chi connectivity index (χ2n) is 3.81. The molecule has 3 aromatic rings. The first-order valence-electron chi connectivity index (χ1n) is 5.07. The molecule has 1 N–H and O–H groups in total. The summed E-state index contributed by atoms with van der Waals surface area (Å²) in [5.74, 6) is 0. The number of fused-ring (bicyclic) bond motifs is 1. The monoisotopic (exact) mass is 247 g/mol. The van der Waals surface area contributed by atoms with Gasteiger partial charge in [-0.1, -0.05) is 23.7 Å². The van der Waals surface area contributed by atoms with Crippen molar-refractivity contribution >= 4 is 33.8 Å². The molecule has 0 saturated carbocycles. The van der Waals surface area contributed by atoms with E-state index in [1.807, 2.05) is 12.1 Å². The number of thiophene rings is 1. The smallest absolute Gasteiger partial charge is 0.0566 e. The summed E-state index contributed by atoms with van der Waals surface area (Å²) in [6.45, 7) is 2.09. The SMILES string of the molecule is Cc1ccc(Cl)c2cc(-c3cccs3)[nH]c12. The summed E-state index contributed by atoms with van der Waals surface area (Å²) in [5.41, 5.74) is 3.50. The van der Waals surface area contributed by atoms with Gasteiger partial charge in [0.1, 0.15) is 0 Å². The second-order valence-corrected chi connectivity index (χ2v) is 5.17. The summed E-state index contributed by atoms with van der Waals surface area (Å²) in [5, 5.41) is 3.99. The number of halogens is 1. The van der Waals surface area contributed by atoms with E-state index in [1.54, 1.807) is 11.3 Å². The van der Waals surface area contributed by atoms with Crippen LogP contribution in [0.3, 0.4) is 0 Å². The van der Waals surface area contributed by atoms with Crippen LogP contribution in [-0.4, -0.2) is 4.98 Å². The summed E-state index contributed by atoms with van der Waals surface area (Å²) in [6, 6.07) is 10.3. The predicted octanol–water partition coefficient (Wildman–Crippen LogP) is 4.86. The minimum Gasteiger partial charge on any atom is -0.354 e. The summed E-state index contributed by atoms with van der Waals surface area (Å²) in [6.07, 6.45) is 0. The quantitative estimate of drug-likeness (QED) is 0.632. The average molecular weight is 248 g/mol. The Morgan fingerprint density at radius 1 is 1.25 bits per heavy atom. The maximum atomic E-state index is 6.19. The lowest BCUT2D eigenvalue weighted by molar-refractivity contribution is 1.42. The van der Waals surface area contributed by atoms with E-state index in [9.17, 15) is 0 Å². The van der Waals surface area contributed by atoms with Crippen molar-refractivity contribution < 1.29 is 0 Å². The van der Waals surface area contributed by atoms with Gasteiger partial charge in [0.2, 0.25) is 0 Å². The Morgan fingerprint density at radius 3 is 2.81 bits per heavy atom. The molecule has 80 valence electrons. The van der Waals surface area contributed by atoms with Crippen LogP contribution in [0.2, 0.25) is 5.02 Å². The van der Waals surface area contributed by atoms with Crippen molar-refractivity contribution in [3.63, 3.8) is 0 Å². The maximum absolute atomic E-state index is 6.19. The Labute approximate surface area is 103 Å². The van der Waals surface area contributed by atoms with E-state index in [1.165, 1.54) is 10.4 Å². The molecule has 16 heavy (non-hydrogen) atoms. The fourth-order valence-corrected chi connectivity index (χ4v) is 2.80. The molecule has 2 aromatic heterocycles. The highest BCUT2D eigenvalue weighted by atomic mass is 35.5. The number of H-pyrrole nitrogens is 1. The van der Waals surface area contributed by atoms with Gasteiger partial charge in [-0.05, 0) is 36.1 Å². The second kappa shape index (κ2) is 3.65. The number of hydrogen-bond donors (Lipinski definition) is 1. The third-order valence-corrected chi connectivity index (χ3v) is 3.97. The van der Waals surface area contributed by atoms with Crippen LogP contribution in [-0.2, 0) is 0 Å². The first-order chi connectivity index (χ1) is 7.75. The predicted molar refractivity (Wildman–Crippen MR) is 71.4 cm³/mol. The number of nitrogens with one attached hydrogen (secondary N) is 1. The minimum atomic E-state index is 0.805. The topological polar surface area (TPSA) is 15.8 Å². The average Bonchev–Trinajstić information content (AvgIpc) is 2.90. The largest absolute Gasteiger partial charge is 0.354 e. The van der Waals surface area contributed by atoms with Crippen LogP contribution in [0.15, 0.2) is 35.7 Å². The van der Waals surface area contributed by atoms with Crippen LogP contribution in [0.1, 0.15) is 5.56 Å². The zero-order valence-corrected chi connectivity index (χ0v) is 10.3. The summed E-state index contributed by atoms with van der Waals surface area (Å²) >= 11 is 7.92. The Hall–Kier alpha value is -1.25. The molecule has 0 aliphatic rings. The first-order valence-corrected chi connectivity index (χ1v) is 6.33. The van der Waals surface area contributed by atoms with E-state index in [0.717, 1.165) is 21.6 Å². The number of aromatic nitrogens is 1. The summed E-state index contributed by atoms with van der Waals surface area (Å²) in [4.78, 5) is 4.68. The van der Waals surface area contributed by atoms with Crippen molar-refractivity contribution in [3.8, 4) is 10.6 Å². The Bertz CT molecular complexity index is 598. The minimum absolute atomic E-state index is 0.805. The maximum Gasteiger partial charge on any atom is 0.0566 e. The first kappa shape index (κ1) is 9.94. The molecule has 0 amide bonds. The lowest BCUT2D eigenvalue weighted by Gasteiger charge is -1.96. The van der Waals surface area contributed by atoms with Gasteiger partial charge in [0.05, 0.1) is 16.1 Å². The van der Waals surface area contributed by atoms with Gasteiger partial charge in [0.15, 0.2) is 0 Å². The molecule has 0 radical (unpaired) electrons. The number of benzene rings is 1. The third kappa shape index (κ3) is 1.46. The van der Waals surface area contributed by atoms with Crippen molar-refractivity contribution in [1.29, 1.82) is 0 Å². The molecule has 0 fully saturated rings. The number of aromatic amines is 1. The molecule has 0 atom stereocenters. The zero-order chi connectivity index (χ0) is 11.1. The van der Waals surface area contributed by atoms with Crippen molar-refractivity contribution in [2.45, 2.75) is 6.92 Å². The van der Waals surface area contributed by atoms with E-state index in [2.05, 4.69) is 35.5 Å². The van der Waals surface area contributed by atoms with Crippen molar-refractivity contribution in [3.05, 3.63) is 46.3 Å². The van der Waals surface area contributed by atoms with Gasteiger partial charge in [-0.25, -0.2) is 0 Å². The third-order valence-electron chi connectivity index (χ3n) is 2.74. The fourth-order valence-electron chi connectivity index (χ4n) is 1.89. The summed E-state index contributed by atoms with van der Waals surface area (Å²) in [7, 11) is 0. The van der Waals surface area contributed by atoms with E-state index < -0.39 is 0 Å². The number of rotatable bonds is 1. The molecular formula is C13H10ClNS. The molecule has 1 nitrogen and oxygen atoms in total. The molecule has 0 unspecified atom stereocenters. The highest BCUT2D eigenvalue weighted by Gasteiger charge is 2.08. The molecule has 1 aromatic carbocycles. The van der Waals surface area contributed by atoms with E-state index in [4.69, 9.17) is 11.6 Å². The van der Waals surface area contributed by atoms with Crippen LogP contribution in [0.4, 0.5) is 0 Å². The normalized spacial score (nSPS) is 11.1. The molecule has 0 spiro atoms. The lowest BCUT2D eigenvalue weighted by Crippen LogP contribution is -1.76. The molecule has 3 rings (SSSR count). The zero-order valence-electron chi connectivity index (χ0n) is 8.75. The lowest BCUT2D eigenvalue weighted by atomic mass is 10.2. The molecule has 0 saturated heterocycles. The van der Waals surface area contributed by atoms with Crippen molar-refractivity contribution in [1.82, 2.24) is 4.98 Å². The highest BCUT2D eigenvalue weighted by Crippen LogP contribution is 2.32. The number of hydrogen-bond acceptors (Lipinski definition) is 1. The fraction of sp³-hybridized carbons (Fsp3) is 0.0769. The molecule has 2 heterocycles. The highest BCUT2D eigenvalue weighted by molar-refractivity contribution is 7.13. The molecule has 0 aliphatic carbocycles. The van der Waals surface area contributed by atoms with Gasteiger partial charge in [-0.2, -0.15) is 0 Å². The molecule has 0 aliphatic heterocycles. The van der Waals surface area contributed by atoms with Gasteiger partial charge in [-0.15, -0.1) is 11.3 Å².